The van der Waals surface area contributed by atoms with E-state index in [1.54, 1.807) is 24.5 Å². The van der Waals surface area contributed by atoms with Gasteiger partial charge in [0.2, 0.25) is 5.91 Å². The molecule has 0 aliphatic carbocycles. The molecule has 0 saturated heterocycles. The summed E-state index contributed by atoms with van der Waals surface area (Å²) in [5.74, 6) is -0.00310. The second kappa shape index (κ2) is 9.71. The van der Waals surface area contributed by atoms with Crippen molar-refractivity contribution in [1.29, 1.82) is 0 Å². The average Bonchev–Trinajstić information content (AvgIpc) is 2.16. The molecule has 86 valence electrons. The summed E-state index contributed by atoms with van der Waals surface area (Å²) >= 11 is 0. The van der Waals surface area contributed by atoms with E-state index in [-0.39, 0.29) is 30.7 Å². The monoisotopic (exact) mass is 251 g/mol. The summed E-state index contributed by atoms with van der Waals surface area (Å²) in [6.45, 7) is 0.545. The maximum absolute atomic E-state index is 11.2. The number of amides is 1. The zero-order valence-corrected chi connectivity index (χ0v) is 9.81. The Balaban J connectivity index is 0. The number of aromatic nitrogens is 1. The molecule has 0 atom stereocenters. The molecule has 1 heterocycles. The second-order valence-corrected chi connectivity index (χ2v) is 2.68. The summed E-state index contributed by atoms with van der Waals surface area (Å²) in [4.78, 5) is 15.0. The van der Waals surface area contributed by atoms with Crippen LogP contribution in [-0.4, -0.2) is 17.4 Å². The predicted molar refractivity (Wildman–Crippen MR) is 65.7 cm³/mol. The summed E-state index contributed by atoms with van der Waals surface area (Å²) < 4.78 is 0. The first-order valence-corrected chi connectivity index (χ1v) is 4.23. The number of nitrogens with one attached hydrogen (secondary N) is 1. The van der Waals surface area contributed by atoms with E-state index in [1.807, 2.05) is 0 Å². The number of anilines is 1. The molecule has 3 N–H and O–H groups in total. The van der Waals surface area contributed by atoms with E-state index in [9.17, 15) is 4.79 Å². The van der Waals surface area contributed by atoms with Crippen LogP contribution >= 0.6 is 24.8 Å². The van der Waals surface area contributed by atoms with Crippen LogP contribution in [0.5, 0.6) is 0 Å². The van der Waals surface area contributed by atoms with Gasteiger partial charge >= 0.3 is 0 Å². The lowest BCUT2D eigenvalue weighted by molar-refractivity contribution is -0.116. The molecule has 6 heteroatoms. The molecular weight excluding hydrogens is 237 g/mol. The summed E-state index contributed by atoms with van der Waals surface area (Å²) in [5, 5.41) is 2.74. The summed E-state index contributed by atoms with van der Waals surface area (Å²) in [6.07, 6.45) is 4.47. The minimum Gasteiger partial charge on any atom is -0.330 e. The van der Waals surface area contributed by atoms with Crippen LogP contribution in [0.4, 0.5) is 5.69 Å². The summed E-state index contributed by atoms with van der Waals surface area (Å²) in [5.41, 5.74) is 6.06. The maximum atomic E-state index is 11.2. The van der Waals surface area contributed by atoms with E-state index in [0.29, 0.717) is 13.0 Å². The van der Waals surface area contributed by atoms with E-state index in [2.05, 4.69) is 10.3 Å². The van der Waals surface area contributed by atoms with Gasteiger partial charge in [0, 0.05) is 24.5 Å². The molecule has 4 nitrogen and oxygen atoms in total. The van der Waals surface area contributed by atoms with Crippen molar-refractivity contribution in [3.63, 3.8) is 0 Å². The Hall–Kier alpha value is -0.840. The zero-order valence-electron chi connectivity index (χ0n) is 8.18. The second-order valence-electron chi connectivity index (χ2n) is 2.68. The van der Waals surface area contributed by atoms with E-state index < -0.39 is 0 Å². The van der Waals surface area contributed by atoms with Crippen molar-refractivity contribution in [3.8, 4) is 0 Å². The van der Waals surface area contributed by atoms with Gasteiger partial charge in [-0.2, -0.15) is 0 Å². The predicted octanol–water partition coefficient (Wildman–Crippen LogP) is 1.60. The number of nitrogens with zero attached hydrogens (tertiary/aromatic N) is 1. The van der Waals surface area contributed by atoms with Crippen molar-refractivity contribution < 1.29 is 4.79 Å². The van der Waals surface area contributed by atoms with Crippen LogP contribution < -0.4 is 11.1 Å². The van der Waals surface area contributed by atoms with E-state index in [1.165, 1.54) is 0 Å². The number of carbonyl (C=O) groups excluding carboxylic acids is 1. The normalized spacial score (nSPS) is 8.33. The van der Waals surface area contributed by atoms with Gasteiger partial charge in [-0.15, -0.1) is 24.8 Å². The third-order valence-electron chi connectivity index (χ3n) is 1.57. The van der Waals surface area contributed by atoms with Crippen molar-refractivity contribution in [3.05, 3.63) is 24.5 Å². The highest BCUT2D eigenvalue weighted by Gasteiger charge is 1.99. The first-order valence-electron chi connectivity index (χ1n) is 4.23. The van der Waals surface area contributed by atoms with Crippen LogP contribution in [0.1, 0.15) is 12.8 Å². The molecule has 1 aromatic heterocycles. The van der Waals surface area contributed by atoms with Crippen LogP contribution in [0.3, 0.4) is 0 Å². The Labute approximate surface area is 101 Å². The van der Waals surface area contributed by atoms with Gasteiger partial charge in [0.25, 0.3) is 0 Å². The van der Waals surface area contributed by atoms with E-state index >= 15 is 0 Å². The molecule has 1 rings (SSSR count). The molecule has 0 spiro atoms. The van der Waals surface area contributed by atoms with Gasteiger partial charge < -0.3 is 11.1 Å². The van der Waals surface area contributed by atoms with Gasteiger partial charge in [0.1, 0.15) is 0 Å². The Morgan fingerprint density at radius 2 is 1.93 bits per heavy atom. The zero-order chi connectivity index (χ0) is 9.52. The van der Waals surface area contributed by atoms with Crippen LogP contribution in [0, 0.1) is 0 Å². The van der Waals surface area contributed by atoms with Crippen molar-refractivity contribution in [2.24, 2.45) is 5.73 Å². The Kier molecular flexibility index (Phi) is 10.7. The van der Waals surface area contributed by atoms with Crippen molar-refractivity contribution in [1.82, 2.24) is 4.98 Å². The fraction of sp³-hybridized carbons (Fsp3) is 0.333. The molecule has 0 bridgehead atoms. The molecular formula is C9H15Cl2N3O. The van der Waals surface area contributed by atoms with Crippen molar-refractivity contribution in [2.75, 3.05) is 11.9 Å². The standard InChI is InChI=1S/C9H13N3O.2ClH/c10-5-1-2-9(13)12-8-3-6-11-7-4-8;;/h3-4,6-7H,1-2,5,10H2,(H,11,12,13);2*1H. The lowest BCUT2D eigenvalue weighted by Crippen LogP contribution is -2.13. The number of rotatable bonds is 4. The minimum atomic E-state index is -0.00310. The van der Waals surface area contributed by atoms with Crippen LogP contribution in [-0.2, 0) is 4.79 Å². The highest BCUT2D eigenvalue weighted by molar-refractivity contribution is 5.90. The minimum absolute atomic E-state index is 0. The van der Waals surface area contributed by atoms with E-state index in [0.717, 1.165) is 12.1 Å². The third-order valence-corrected chi connectivity index (χ3v) is 1.57. The molecule has 0 unspecified atom stereocenters. The Morgan fingerprint density at radius 1 is 1.33 bits per heavy atom. The van der Waals surface area contributed by atoms with Gasteiger partial charge in [-0.05, 0) is 25.1 Å². The van der Waals surface area contributed by atoms with Crippen LogP contribution in [0.15, 0.2) is 24.5 Å². The van der Waals surface area contributed by atoms with Crippen molar-refractivity contribution >= 4 is 36.4 Å². The van der Waals surface area contributed by atoms with E-state index in [4.69, 9.17) is 5.73 Å². The first-order chi connectivity index (χ1) is 6.33. The van der Waals surface area contributed by atoms with Gasteiger partial charge in [0.05, 0.1) is 0 Å². The van der Waals surface area contributed by atoms with Gasteiger partial charge in [0.15, 0.2) is 0 Å². The van der Waals surface area contributed by atoms with Crippen molar-refractivity contribution in [2.45, 2.75) is 12.8 Å². The molecule has 1 aromatic rings. The fourth-order valence-electron chi connectivity index (χ4n) is 0.921. The third kappa shape index (κ3) is 7.13. The molecule has 0 radical (unpaired) electrons. The van der Waals surface area contributed by atoms with Crippen LogP contribution in [0.2, 0.25) is 0 Å². The van der Waals surface area contributed by atoms with Gasteiger partial charge in [-0.25, -0.2) is 0 Å². The van der Waals surface area contributed by atoms with Gasteiger partial charge in [-0.1, -0.05) is 0 Å². The molecule has 0 aliphatic heterocycles. The number of hydrogen-bond donors (Lipinski definition) is 2. The highest BCUT2D eigenvalue weighted by atomic mass is 35.5. The smallest absolute Gasteiger partial charge is 0.224 e. The molecule has 0 aromatic carbocycles. The number of pyridine rings is 1. The number of hydrogen-bond acceptors (Lipinski definition) is 3. The lowest BCUT2D eigenvalue weighted by atomic mass is 10.3. The number of nitrogens with two attached hydrogens (primary N) is 1. The molecule has 1 amide bonds. The summed E-state index contributed by atoms with van der Waals surface area (Å²) in [6, 6.07) is 3.50. The Morgan fingerprint density at radius 3 is 2.47 bits per heavy atom. The quantitative estimate of drug-likeness (QED) is 0.855. The topological polar surface area (TPSA) is 68.0 Å². The fourth-order valence-corrected chi connectivity index (χ4v) is 0.921. The number of halogens is 2. The molecule has 15 heavy (non-hydrogen) atoms. The highest BCUT2D eigenvalue weighted by Crippen LogP contribution is 2.03. The maximum Gasteiger partial charge on any atom is 0.224 e. The average molecular weight is 252 g/mol. The largest absolute Gasteiger partial charge is 0.330 e. The van der Waals surface area contributed by atoms with Crippen LogP contribution in [0.25, 0.3) is 0 Å². The summed E-state index contributed by atoms with van der Waals surface area (Å²) in [7, 11) is 0. The van der Waals surface area contributed by atoms with Gasteiger partial charge in [-0.3, -0.25) is 9.78 Å². The molecule has 0 saturated carbocycles. The SMILES string of the molecule is Cl.Cl.NCCCC(=O)Nc1ccncc1. The lowest BCUT2D eigenvalue weighted by Gasteiger charge is -2.02. The first kappa shape index (κ1) is 16.6. The number of carbonyl (C=O) groups is 1. The molecule has 0 fully saturated rings. The Bertz CT molecular complexity index is 269. The molecule has 0 aliphatic rings.